The molecular weight excluding hydrogens is 299 g/mol. The van der Waals surface area contributed by atoms with Crippen molar-refractivity contribution >= 4 is 12.0 Å². The maximum atomic E-state index is 13.7. The molecule has 0 saturated heterocycles. The van der Waals surface area contributed by atoms with Gasteiger partial charge < -0.3 is 14.8 Å². The first-order valence-corrected chi connectivity index (χ1v) is 6.97. The standard InChI is InChI=1S/C17H17FN2O3/c1-12(21)19-9-3-4-13-5-8-17(20-11-13)23-16-10-14(22-2)6-7-15(16)18/h3-8,10-11H,9H2,1-2H3,(H,19,21)/b4-3+. The predicted molar refractivity (Wildman–Crippen MR) is 85.0 cm³/mol. The first-order valence-electron chi connectivity index (χ1n) is 6.97. The van der Waals surface area contributed by atoms with Crippen molar-refractivity contribution in [3.63, 3.8) is 0 Å². The molecular formula is C17H17FN2O3. The number of pyridine rings is 1. The zero-order chi connectivity index (χ0) is 16.7. The molecule has 0 saturated carbocycles. The molecule has 0 atom stereocenters. The summed E-state index contributed by atoms with van der Waals surface area (Å²) in [6.45, 7) is 1.90. The van der Waals surface area contributed by atoms with Crippen LogP contribution < -0.4 is 14.8 Å². The van der Waals surface area contributed by atoms with Crippen molar-refractivity contribution in [2.24, 2.45) is 0 Å². The number of rotatable bonds is 6. The highest BCUT2D eigenvalue weighted by Crippen LogP contribution is 2.27. The van der Waals surface area contributed by atoms with Crippen molar-refractivity contribution in [3.05, 3.63) is 54.0 Å². The molecule has 5 nitrogen and oxygen atoms in total. The molecule has 0 bridgehead atoms. The number of aromatic nitrogens is 1. The number of methoxy groups -OCH3 is 1. The summed E-state index contributed by atoms with van der Waals surface area (Å²) in [5.74, 6) is 0.240. The van der Waals surface area contributed by atoms with Crippen molar-refractivity contribution in [2.75, 3.05) is 13.7 Å². The average Bonchev–Trinajstić information content (AvgIpc) is 2.55. The fraction of sp³-hybridized carbons (Fsp3) is 0.176. The zero-order valence-corrected chi connectivity index (χ0v) is 12.9. The number of amides is 1. The maximum absolute atomic E-state index is 13.7. The van der Waals surface area contributed by atoms with Gasteiger partial charge in [-0.05, 0) is 23.8 Å². The van der Waals surface area contributed by atoms with Crippen LogP contribution >= 0.6 is 0 Å². The van der Waals surface area contributed by atoms with E-state index in [4.69, 9.17) is 9.47 Å². The third-order valence-electron chi connectivity index (χ3n) is 2.89. The van der Waals surface area contributed by atoms with Crippen molar-refractivity contribution < 1.29 is 18.7 Å². The lowest BCUT2D eigenvalue weighted by Gasteiger charge is -2.07. The highest BCUT2D eigenvalue weighted by atomic mass is 19.1. The van der Waals surface area contributed by atoms with Gasteiger partial charge in [-0.1, -0.05) is 12.2 Å². The smallest absolute Gasteiger partial charge is 0.219 e. The molecule has 1 aromatic heterocycles. The number of halogens is 1. The Morgan fingerprint density at radius 2 is 2.17 bits per heavy atom. The molecule has 23 heavy (non-hydrogen) atoms. The maximum Gasteiger partial charge on any atom is 0.219 e. The van der Waals surface area contributed by atoms with Crippen LogP contribution in [0.4, 0.5) is 4.39 Å². The van der Waals surface area contributed by atoms with Crippen molar-refractivity contribution in [2.45, 2.75) is 6.92 Å². The molecule has 0 fully saturated rings. The van der Waals surface area contributed by atoms with Crippen LogP contribution in [0.1, 0.15) is 12.5 Å². The minimum Gasteiger partial charge on any atom is -0.497 e. The third-order valence-corrected chi connectivity index (χ3v) is 2.89. The lowest BCUT2D eigenvalue weighted by molar-refractivity contribution is -0.118. The summed E-state index contributed by atoms with van der Waals surface area (Å²) in [4.78, 5) is 14.8. The number of nitrogens with one attached hydrogen (secondary N) is 1. The fourth-order valence-electron chi connectivity index (χ4n) is 1.75. The third kappa shape index (κ3) is 5.10. The molecule has 1 amide bonds. The minimum absolute atomic E-state index is 0.0470. The Morgan fingerprint density at radius 1 is 1.35 bits per heavy atom. The van der Waals surface area contributed by atoms with Crippen LogP contribution in [0, 0.1) is 5.82 Å². The molecule has 1 N–H and O–H groups in total. The molecule has 0 radical (unpaired) electrons. The lowest BCUT2D eigenvalue weighted by atomic mass is 10.2. The molecule has 2 aromatic rings. The topological polar surface area (TPSA) is 60.5 Å². The van der Waals surface area contributed by atoms with Gasteiger partial charge in [-0.25, -0.2) is 9.37 Å². The molecule has 0 aliphatic heterocycles. The van der Waals surface area contributed by atoms with Crippen LogP contribution in [0.3, 0.4) is 0 Å². The van der Waals surface area contributed by atoms with Crippen LogP contribution in [0.2, 0.25) is 0 Å². The van der Waals surface area contributed by atoms with Gasteiger partial charge in [-0.2, -0.15) is 0 Å². The van der Waals surface area contributed by atoms with Crippen LogP contribution in [0.25, 0.3) is 6.08 Å². The Bertz CT molecular complexity index is 699. The van der Waals surface area contributed by atoms with Gasteiger partial charge in [0, 0.05) is 31.8 Å². The molecule has 6 heteroatoms. The molecule has 0 unspecified atom stereocenters. The molecule has 2 rings (SSSR count). The van der Waals surface area contributed by atoms with Crippen LogP contribution in [-0.2, 0) is 4.79 Å². The van der Waals surface area contributed by atoms with E-state index in [0.717, 1.165) is 5.56 Å². The van der Waals surface area contributed by atoms with Gasteiger partial charge in [0.2, 0.25) is 11.8 Å². The van der Waals surface area contributed by atoms with Crippen molar-refractivity contribution in [3.8, 4) is 17.4 Å². The number of hydrogen-bond acceptors (Lipinski definition) is 4. The summed E-state index contributed by atoms with van der Waals surface area (Å²) >= 11 is 0. The van der Waals surface area contributed by atoms with Gasteiger partial charge >= 0.3 is 0 Å². The lowest BCUT2D eigenvalue weighted by Crippen LogP contribution is -2.19. The first-order chi connectivity index (χ1) is 11.1. The van der Waals surface area contributed by atoms with Gasteiger partial charge in [0.05, 0.1) is 7.11 Å². The number of hydrogen-bond donors (Lipinski definition) is 1. The van der Waals surface area contributed by atoms with E-state index >= 15 is 0 Å². The van der Waals surface area contributed by atoms with Gasteiger partial charge in [0.1, 0.15) is 5.75 Å². The van der Waals surface area contributed by atoms with Crippen LogP contribution in [0.15, 0.2) is 42.6 Å². The van der Waals surface area contributed by atoms with E-state index in [2.05, 4.69) is 10.3 Å². The highest BCUT2D eigenvalue weighted by Gasteiger charge is 2.07. The Morgan fingerprint density at radius 3 is 2.83 bits per heavy atom. The first kappa shape index (κ1) is 16.5. The van der Waals surface area contributed by atoms with E-state index < -0.39 is 5.82 Å². The van der Waals surface area contributed by atoms with E-state index in [1.165, 1.54) is 32.2 Å². The van der Waals surface area contributed by atoms with E-state index in [0.29, 0.717) is 12.3 Å². The van der Waals surface area contributed by atoms with Crippen molar-refractivity contribution in [1.29, 1.82) is 0 Å². The second-order valence-corrected chi connectivity index (χ2v) is 4.67. The molecule has 120 valence electrons. The Kier molecular flexibility index (Phi) is 5.68. The van der Waals surface area contributed by atoms with E-state index in [1.54, 1.807) is 24.4 Å². The highest BCUT2D eigenvalue weighted by molar-refractivity contribution is 5.73. The van der Waals surface area contributed by atoms with Gasteiger partial charge in [-0.3, -0.25) is 4.79 Å². The number of ether oxygens (including phenoxy) is 2. The molecule has 0 aliphatic rings. The van der Waals surface area contributed by atoms with E-state index in [9.17, 15) is 9.18 Å². The monoisotopic (exact) mass is 316 g/mol. The summed E-state index contributed by atoms with van der Waals surface area (Å²) in [5.41, 5.74) is 0.841. The summed E-state index contributed by atoms with van der Waals surface area (Å²) in [6.07, 6.45) is 5.22. The summed E-state index contributed by atoms with van der Waals surface area (Å²) in [7, 11) is 1.50. The van der Waals surface area contributed by atoms with Gasteiger partial charge in [-0.15, -0.1) is 0 Å². The van der Waals surface area contributed by atoms with E-state index in [-0.39, 0.29) is 17.5 Å². The van der Waals surface area contributed by atoms with Gasteiger partial charge in [0.15, 0.2) is 11.6 Å². The summed E-state index contributed by atoms with van der Waals surface area (Å²) in [5, 5.41) is 2.65. The predicted octanol–water partition coefficient (Wildman–Crippen LogP) is 3.17. The second kappa shape index (κ2) is 7.93. The normalized spacial score (nSPS) is 10.6. The average molecular weight is 316 g/mol. The van der Waals surface area contributed by atoms with E-state index in [1.807, 2.05) is 6.08 Å². The Hall–Kier alpha value is -2.89. The van der Waals surface area contributed by atoms with Gasteiger partial charge in [0.25, 0.3) is 0 Å². The molecule has 1 heterocycles. The Balaban J connectivity index is 2.01. The number of carbonyl (C=O) groups is 1. The quantitative estimate of drug-likeness (QED) is 0.889. The molecule has 0 spiro atoms. The summed E-state index contributed by atoms with van der Waals surface area (Å²) < 4.78 is 24.1. The number of nitrogens with zero attached hydrogens (tertiary/aromatic N) is 1. The second-order valence-electron chi connectivity index (χ2n) is 4.67. The van der Waals surface area contributed by atoms with Crippen LogP contribution in [0.5, 0.6) is 17.4 Å². The molecule has 1 aromatic carbocycles. The Labute approximate surface area is 133 Å². The van der Waals surface area contributed by atoms with Crippen LogP contribution in [-0.4, -0.2) is 24.5 Å². The van der Waals surface area contributed by atoms with Crippen molar-refractivity contribution in [1.82, 2.24) is 10.3 Å². The number of benzene rings is 1. The largest absolute Gasteiger partial charge is 0.497 e. The number of carbonyl (C=O) groups excluding carboxylic acids is 1. The SMILES string of the molecule is COc1ccc(F)c(Oc2ccc(/C=C/CNC(C)=O)cn2)c1. The molecule has 0 aliphatic carbocycles. The fourth-order valence-corrected chi connectivity index (χ4v) is 1.75. The summed E-state index contributed by atoms with van der Waals surface area (Å²) in [6, 6.07) is 7.66. The zero-order valence-electron chi connectivity index (χ0n) is 12.9. The minimum atomic E-state index is -0.494.